The molecule has 0 atom stereocenters. The van der Waals surface area contributed by atoms with Crippen molar-refractivity contribution < 1.29 is 0 Å². The molecule has 0 spiro atoms. The molecule has 1 N–H and O–H groups in total. The second-order valence-corrected chi connectivity index (χ2v) is 2.68. The average molecular weight is 157 g/mol. The van der Waals surface area contributed by atoms with E-state index in [1.54, 1.807) is 12.5 Å². The second kappa shape index (κ2) is 1.85. The SMILES string of the molecule is C1=N[N]c2cc3[nH]cnc3cc21. The lowest BCUT2D eigenvalue weighted by Crippen LogP contribution is -1.82. The maximum absolute atomic E-state index is 4.14. The summed E-state index contributed by atoms with van der Waals surface area (Å²) in [7, 11) is 0. The fraction of sp³-hybridized carbons (Fsp3) is 0. The molecule has 12 heavy (non-hydrogen) atoms. The quantitative estimate of drug-likeness (QED) is 0.612. The molecule has 4 heteroatoms. The molecule has 1 aromatic carbocycles. The first-order valence-corrected chi connectivity index (χ1v) is 3.65. The van der Waals surface area contributed by atoms with Crippen LogP contribution in [0.15, 0.2) is 23.6 Å². The Balaban J connectivity index is 2.43. The molecule has 0 unspecified atom stereocenters. The minimum atomic E-state index is 0.909. The van der Waals surface area contributed by atoms with Crippen LogP contribution in [0.25, 0.3) is 11.0 Å². The summed E-state index contributed by atoms with van der Waals surface area (Å²) in [5.74, 6) is 0. The largest absolute Gasteiger partial charge is 0.345 e. The highest BCUT2D eigenvalue weighted by atomic mass is 15.3. The number of rotatable bonds is 0. The Morgan fingerprint density at radius 2 is 2.25 bits per heavy atom. The predicted octanol–water partition coefficient (Wildman–Crippen LogP) is 1.15. The Morgan fingerprint density at radius 1 is 1.25 bits per heavy atom. The number of hydrogen-bond donors (Lipinski definition) is 1. The molecule has 0 saturated carbocycles. The molecule has 1 aliphatic heterocycles. The molecule has 0 fully saturated rings. The summed E-state index contributed by atoms with van der Waals surface area (Å²) in [4.78, 5) is 7.16. The van der Waals surface area contributed by atoms with Crippen molar-refractivity contribution in [3.63, 3.8) is 0 Å². The number of nitrogens with zero attached hydrogens (tertiary/aromatic N) is 3. The molecule has 1 radical (unpaired) electrons. The van der Waals surface area contributed by atoms with Gasteiger partial charge in [0, 0.05) is 5.56 Å². The van der Waals surface area contributed by atoms with Crippen LogP contribution >= 0.6 is 0 Å². The molecule has 0 aliphatic carbocycles. The highest BCUT2D eigenvalue weighted by molar-refractivity contribution is 5.95. The van der Waals surface area contributed by atoms with Crippen molar-refractivity contribution in [2.24, 2.45) is 5.10 Å². The summed E-state index contributed by atoms with van der Waals surface area (Å²) < 4.78 is 0. The van der Waals surface area contributed by atoms with E-state index in [2.05, 4.69) is 20.5 Å². The van der Waals surface area contributed by atoms with Gasteiger partial charge in [-0.1, -0.05) is 0 Å². The highest BCUT2D eigenvalue weighted by Gasteiger charge is 2.09. The Bertz CT molecular complexity index is 469. The molecule has 1 aliphatic rings. The van der Waals surface area contributed by atoms with Crippen molar-refractivity contribution in [3.05, 3.63) is 24.0 Å². The van der Waals surface area contributed by atoms with E-state index in [1.165, 1.54) is 0 Å². The van der Waals surface area contributed by atoms with Gasteiger partial charge in [-0.05, 0) is 12.1 Å². The highest BCUT2D eigenvalue weighted by Crippen LogP contribution is 2.23. The number of nitrogens with one attached hydrogen (secondary N) is 1. The minimum Gasteiger partial charge on any atom is -0.345 e. The number of hydrogen-bond acceptors (Lipinski definition) is 2. The van der Waals surface area contributed by atoms with Crippen LogP contribution in [-0.4, -0.2) is 16.2 Å². The summed E-state index contributed by atoms with van der Waals surface area (Å²) >= 11 is 0. The number of aromatic amines is 1. The van der Waals surface area contributed by atoms with Gasteiger partial charge in [0.2, 0.25) is 0 Å². The van der Waals surface area contributed by atoms with Crippen molar-refractivity contribution in [1.82, 2.24) is 15.4 Å². The molecule has 4 nitrogen and oxygen atoms in total. The van der Waals surface area contributed by atoms with Gasteiger partial charge in [0.05, 0.1) is 29.3 Å². The van der Waals surface area contributed by atoms with Crippen LogP contribution in [0.3, 0.4) is 0 Å². The minimum absolute atomic E-state index is 0.909. The van der Waals surface area contributed by atoms with E-state index >= 15 is 0 Å². The predicted molar refractivity (Wildman–Crippen MR) is 45.5 cm³/mol. The molecule has 0 saturated heterocycles. The van der Waals surface area contributed by atoms with Crippen molar-refractivity contribution in [1.29, 1.82) is 0 Å². The molecule has 2 aromatic rings. The van der Waals surface area contributed by atoms with Crippen LogP contribution in [-0.2, 0) is 0 Å². The average Bonchev–Trinajstić information content (AvgIpc) is 2.64. The first-order chi connectivity index (χ1) is 5.93. The van der Waals surface area contributed by atoms with Crippen LogP contribution in [0, 0.1) is 0 Å². The van der Waals surface area contributed by atoms with Crippen molar-refractivity contribution in [2.45, 2.75) is 0 Å². The zero-order valence-corrected chi connectivity index (χ0v) is 6.15. The molecule has 2 heterocycles. The van der Waals surface area contributed by atoms with Gasteiger partial charge < -0.3 is 4.98 Å². The van der Waals surface area contributed by atoms with E-state index in [9.17, 15) is 0 Å². The van der Waals surface area contributed by atoms with Gasteiger partial charge in [0.25, 0.3) is 0 Å². The van der Waals surface area contributed by atoms with Gasteiger partial charge in [0.1, 0.15) is 0 Å². The Morgan fingerprint density at radius 3 is 3.25 bits per heavy atom. The third-order valence-electron chi connectivity index (χ3n) is 1.93. The van der Waals surface area contributed by atoms with E-state index in [4.69, 9.17) is 0 Å². The molecular formula is C8H5N4. The van der Waals surface area contributed by atoms with Gasteiger partial charge in [-0.25, -0.2) is 4.98 Å². The van der Waals surface area contributed by atoms with E-state index < -0.39 is 0 Å². The number of benzene rings is 1. The fourth-order valence-electron chi connectivity index (χ4n) is 1.33. The molecule has 0 bridgehead atoms. The monoisotopic (exact) mass is 157 g/mol. The number of imidazole rings is 1. The lowest BCUT2D eigenvalue weighted by Gasteiger charge is -1.93. The van der Waals surface area contributed by atoms with Crippen LogP contribution < -0.4 is 5.43 Å². The number of H-pyrrole nitrogens is 1. The Hall–Kier alpha value is -1.84. The molecular weight excluding hydrogens is 152 g/mol. The van der Waals surface area contributed by atoms with Crippen LogP contribution in [0.5, 0.6) is 0 Å². The van der Waals surface area contributed by atoms with Gasteiger partial charge in [-0.3, -0.25) is 0 Å². The zero-order chi connectivity index (χ0) is 7.97. The van der Waals surface area contributed by atoms with Gasteiger partial charge in [0.15, 0.2) is 0 Å². The van der Waals surface area contributed by atoms with Gasteiger partial charge >= 0.3 is 0 Å². The maximum atomic E-state index is 4.14. The Kier molecular flexibility index (Phi) is 0.889. The molecule has 57 valence electrons. The summed E-state index contributed by atoms with van der Waals surface area (Å²) in [5.41, 5.74) is 7.85. The van der Waals surface area contributed by atoms with Gasteiger partial charge in [-0.2, -0.15) is 10.5 Å². The van der Waals surface area contributed by atoms with Gasteiger partial charge in [-0.15, -0.1) is 0 Å². The van der Waals surface area contributed by atoms with Crippen molar-refractivity contribution in [3.8, 4) is 0 Å². The maximum Gasteiger partial charge on any atom is 0.0967 e. The standard InChI is InChI=1S/C8H5N4/c1-5-3-11-12-6(5)2-8-7(1)9-4-10-8/h1-4H,(H,9,10). The van der Waals surface area contributed by atoms with Crippen molar-refractivity contribution in [2.75, 3.05) is 0 Å². The lowest BCUT2D eigenvalue weighted by molar-refractivity contribution is 0.993. The zero-order valence-electron chi connectivity index (χ0n) is 6.15. The second-order valence-electron chi connectivity index (χ2n) is 2.68. The first kappa shape index (κ1) is 5.77. The Labute approximate surface area is 68.3 Å². The first-order valence-electron chi connectivity index (χ1n) is 3.65. The fourth-order valence-corrected chi connectivity index (χ4v) is 1.33. The molecule has 1 aromatic heterocycles. The van der Waals surface area contributed by atoms with Crippen molar-refractivity contribution >= 4 is 22.9 Å². The molecule has 3 rings (SSSR count). The van der Waals surface area contributed by atoms with Crippen LogP contribution in [0.1, 0.15) is 5.56 Å². The third kappa shape index (κ3) is 0.611. The van der Waals surface area contributed by atoms with Crippen LogP contribution in [0.4, 0.5) is 5.69 Å². The smallest absolute Gasteiger partial charge is 0.0967 e. The third-order valence-corrected chi connectivity index (χ3v) is 1.93. The van der Waals surface area contributed by atoms with Crippen LogP contribution in [0.2, 0.25) is 0 Å². The number of aromatic nitrogens is 2. The van der Waals surface area contributed by atoms with E-state index in [1.807, 2.05) is 12.1 Å². The summed E-state index contributed by atoms with van der Waals surface area (Å²) in [5, 5.41) is 3.81. The lowest BCUT2D eigenvalue weighted by atomic mass is 10.2. The summed E-state index contributed by atoms with van der Waals surface area (Å²) in [6.07, 6.45) is 3.42. The topological polar surface area (TPSA) is 55.1 Å². The normalized spacial score (nSPS) is 13.3. The van der Waals surface area contributed by atoms with E-state index in [0.29, 0.717) is 0 Å². The van der Waals surface area contributed by atoms with E-state index in [-0.39, 0.29) is 0 Å². The number of fused-ring (bicyclic) bond motifs is 2. The van der Waals surface area contributed by atoms with E-state index in [0.717, 1.165) is 22.3 Å². The summed E-state index contributed by atoms with van der Waals surface area (Å²) in [6, 6.07) is 3.92. The molecule has 0 amide bonds. The summed E-state index contributed by atoms with van der Waals surface area (Å²) in [6.45, 7) is 0.